The molecule has 0 radical (unpaired) electrons. The number of amides is 1. The molecule has 0 atom stereocenters. The van der Waals surface area contributed by atoms with Crippen molar-refractivity contribution in [2.75, 3.05) is 18.9 Å². The molecule has 1 heterocycles. The van der Waals surface area contributed by atoms with Crippen molar-refractivity contribution in [2.45, 2.75) is 27.2 Å². The Morgan fingerprint density at radius 3 is 2.71 bits per heavy atom. The first-order valence-corrected chi connectivity index (χ1v) is 5.84. The van der Waals surface area contributed by atoms with Gasteiger partial charge >= 0.3 is 0 Å². The maximum absolute atomic E-state index is 11.8. The molecule has 1 rings (SSSR count). The van der Waals surface area contributed by atoms with E-state index in [4.69, 9.17) is 0 Å². The van der Waals surface area contributed by atoms with Gasteiger partial charge in [0.25, 0.3) is 5.91 Å². The first-order chi connectivity index (χ1) is 8.02. The van der Waals surface area contributed by atoms with Crippen molar-refractivity contribution in [3.63, 3.8) is 0 Å². The van der Waals surface area contributed by atoms with Gasteiger partial charge in [-0.25, -0.2) is 9.97 Å². The van der Waals surface area contributed by atoms with E-state index < -0.39 is 0 Å². The highest BCUT2D eigenvalue weighted by Gasteiger charge is 2.09. The number of nitrogens with one attached hydrogen (secondary N) is 2. The first-order valence-electron chi connectivity index (χ1n) is 5.84. The second-order valence-electron chi connectivity index (χ2n) is 4.41. The molecule has 0 aliphatic carbocycles. The van der Waals surface area contributed by atoms with Crippen molar-refractivity contribution in [2.24, 2.45) is 5.92 Å². The summed E-state index contributed by atoms with van der Waals surface area (Å²) in [5.74, 6) is 0.905. The molecule has 1 aromatic heterocycles. The summed E-state index contributed by atoms with van der Waals surface area (Å²) >= 11 is 0. The Balaban J connectivity index is 2.65. The van der Waals surface area contributed by atoms with Crippen LogP contribution in [0.15, 0.2) is 6.07 Å². The van der Waals surface area contributed by atoms with Crippen molar-refractivity contribution in [3.8, 4) is 0 Å². The Kier molecular flexibility index (Phi) is 4.87. The van der Waals surface area contributed by atoms with Crippen LogP contribution >= 0.6 is 0 Å². The van der Waals surface area contributed by atoms with Crippen LogP contribution in [0.3, 0.4) is 0 Å². The van der Waals surface area contributed by atoms with E-state index in [0.717, 1.165) is 12.1 Å². The van der Waals surface area contributed by atoms with Crippen molar-refractivity contribution >= 4 is 11.9 Å². The van der Waals surface area contributed by atoms with Gasteiger partial charge < -0.3 is 10.6 Å². The highest BCUT2D eigenvalue weighted by atomic mass is 16.1. The fourth-order valence-corrected chi connectivity index (χ4v) is 1.36. The fraction of sp³-hybridized carbons (Fsp3) is 0.583. The van der Waals surface area contributed by atoms with Crippen LogP contribution < -0.4 is 10.6 Å². The molecule has 0 spiro atoms. The van der Waals surface area contributed by atoms with E-state index >= 15 is 0 Å². The third kappa shape index (κ3) is 4.38. The van der Waals surface area contributed by atoms with Crippen LogP contribution in [-0.2, 0) is 0 Å². The molecule has 0 aromatic carbocycles. The largest absolute Gasteiger partial charge is 0.357 e. The predicted octanol–water partition coefficient (Wildman–Crippen LogP) is 1.60. The Labute approximate surface area is 102 Å². The molecule has 1 amide bonds. The Hall–Kier alpha value is -1.65. The lowest BCUT2D eigenvalue weighted by molar-refractivity contribution is 0.0947. The monoisotopic (exact) mass is 236 g/mol. The quantitative estimate of drug-likeness (QED) is 0.815. The zero-order chi connectivity index (χ0) is 12.8. The summed E-state index contributed by atoms with van der Waals surface area (Å²) in [6.07, 6.45) is 0.967. The summed E-state index contributed by atoms with van der Waals surface area (Å²) in [5, 5.41) is 5.69. The SMILES string of the molecule is CNc1nc(C)cc(C(=O)NCCC(C)C)n1. The number of hydrogen-bond donors (Lipinski definition) is 2. The standard InChI is InChI=1S/C12H20N4O/c1-8(2)5-6-14-11(17)10-7-9(3)15-12(13-4)16-10/h7-8H,5-6H2,1-4H3,(H,14,17)(H,13,15,16). The number of aryl methyl sites for hydroxylation is 1. The van der Waals surface area contributed by atoms with E-state index in [1.165, 1.54) is 0 Å². The molecule has 0 aliphatic heterocycles. The van der Waals surface area contributed by atoms with Gasteiger partial charge in [0.2, 0.25) is 5.95 Å². The molecule has 0 bridgehead atoms. The average Bonchev–Trinajstić information content (AvgIpc) is 2.27. The molecule has 17 heavy (non-hydrogen) atoms. The predicted molar refractivity (Wildman–Crippen MR) is 68.1 cm³/mol. The molecule has 1 aromatic rings. The number of nitrogens with zero attached hydrogens (tertiary/aromatic N) is 2. The van der Waals surface area contributed by atoms with Crippen molar-refractivity contribution in [1.29, 1.82) is 0 Å². The van der Waals surface area contributed by atoms with Crippen LogP contribution in [-0.4, -0.2) is 29.5 Å². The molecule has 0 unspecified atom stereocenters. The van der Waals surface area contributed by atoms with E-state index in [-0.39, 0.29) is 5.91 Å². The normalized spacial score (nSPS) is 10.4. The summed E-state index contributed by atoms with van der Waals surface area (Å²) in [5.41, 5.74) is 1.18. The summed E-state index contributed by atoms with van der Waals surface area (Å²) in [6, 6.07) is 1.69. The molecule has 0 fully saturated rings. The lowest BCUT2D eigenvalue weighted by Gasteiger charge is -2.08. The molecule has 94 valence electrons. The molecule has 0 saturated carbocycles. The summed E-state index contributed by atoms with van der Waals surface area (Å²) in [6.45, 7) is 6.77. The van der Waals surface area contributed by atoms with Crippen LogP contribution in [0.5, 0.6) is 0 Å². The number of carbonyl (C=O) groups excluding carboxylic acids is 1. The number of hydrogen-bond acceptors (Lipinski definition) is 4. The van der Waals surface area contributed by atoms with Gasteiger partial charge in [-0.3, -0.25) is 4.79 Å². The third-order valence-electron chi connectivity index (χ3n) is 2.32. The van der Waals surface area contributed by atoms with Crippen LogP contribution in [0.2, 0.25) is 0 Å². The fourth-order valence-electron chi connectivity index (χ4n) is 1.36. The lowest BCUT2D eigenvalue weighted by Crippen LogP contribution is -2.26. The number of aromatic nitrogens is 2. The molecule has 5 heteroatoms. The smallest absolute Gasteiger partial charge is 0.270 e. The summed E-state index contributed by atoms with van der Waals surface area (Å²) in [7, 11) is 1.73. The number of rotatable bonds is 5. The maximum atomic E-state index is 11.8. The molecular weight excluding hydrogens is 216 g/mol. The zero-order valence-electron chi connectivity index (χ0n) is 10.9. The van der Waals surface area contributed by atoms with Gasteiger partial charge in [-0.15, -0.1) is 0 Å². The second kappa shape index (κ2) is 6.18. The van der Waals surface area contributed by atoms with Gasteiger partial charge in [0.1, 0.15) is 5.69 Å². The van der Waals surface area contributed by atoms with Gasteiger partial charge in [0, 0.05) is 19.3 Å². The zero-order valence-corrected chi connectivity index (χ0v) is 10.9. The summed E-state index contributed by atoms with van der Waals surface area (Å²) < 4.78 is 0. The molecular formula is C12H20N4O. The van der Waals surface area contributed by atoms with E-state index in [1.807, 2.05) is 6.92 Å². The highest BCUT2D eigenvalue weighted by molar-refractivity contribution is 5.92. The van der Waals surface area contributed by atoms with Crippen molar-refractivity contribution in [1.82, 2.24) is 15.3 Å². The molecule has 0 saturated heterocycles. The summed E-state index contributed by atoms with van der Waals surface area (Å²) in [4.78, 5) is 20.1. The van der Waals surface area contributed by atoms with Gasteiger partial charge in [0.05, 0.1) is 0 Å². The first kappa shape index (κ1) is 13.4. The van der Waals surface area contributed by atoms with E-state index in [2.05, 4.69) is 34.4 Å². The maximum Gasteiger partial charge on any atom is 0.270 e. The van der Waals surface area contributed by atoms with Gasteiger partial charge in [-0.05, 0) is 25.3 Å². The number of anilines is 1. The van der Waals surface area contributed by atoms with Gasteiger partial charge in [-0.1, -0.05) is 13.8 Å². The highest BCUT2D eigenvalue weighted by Crippen LogP contribution is 2.04. The van der Waals surface area contributed by atoms with Crippen molar-refractivity contribution in [3.05, 3.63) is 17.5 Å². The minimum Gasteiger partial charge on any atom is -0.357 e. The van der Waals surface area contributed by atoms with E-state index in [0.29, 0.717) is 24.1 Å². The van der Waals surface area contributed by atoms with E-state index in [9.17, 15) is 4.79 Å². The molecule has 2 N–H and O–H groups in total. The van der Waals surface area contributed by atoms with E-state index in [1.54, 1.807) is 13.1 Å². The molecule has 0 aliphatic rings. The van der Waals surface area contributed by atoms with Gasteiger partial charge in [-0.2, -0.15) is 0 Å². The minimum atomic E-state index is -0.146. The average molecular weight is 236 g/mol. The van der Waals surface area contributed by atoms with Crippen LogP contribution in [0, 0.1) is 12.8 Å². The molecule has 5 nitrogen and oxygen atoms in total. The topological polar surface area (TPSA) is 66.9 Å². The lowest BCUT2D eigenvalue weighted by atomic mass is 10.1. The van der Waals surface area contributed by atoms with Crippen LogP contribution in [0.1, 0.15) is 36.5 Å². The van der Waals surface area contributed by atoms with Crippen LogP contribution in [0.4, 0.5) is 5.95 Å². The van der Waals surface area contributed by atoms with Crippen molar-refractivity contribution < 1.29 is 4.79 Å². The Morgan fingerprint density at radius 1 is 1.41 bits per heavy atom. The Bertz CT molecular complexity index is 390. The Morgan fingerprint density at radius 2 is 2.12 bits per heavy atom. The van der Waals surface area contributed by atoms with Crippen LogP contribution in [0.25, 0.3) is 0 Å². The van der Waals surface area contributed by atoms with Gasteiger partial charge in [0.15, 0.2) is 0 Å². The number of carbonyl (C=O) groups is 1. The second-order valence-corrected chi connectivity index (χ2v) is 4.41. The minimum absolute atomic E-state index is 0.146. The third-order valence-corrected chi connectivity index (χ3v) is 2.32.